The fourth-order valence-corrected chi connectivity index (χ4v) is 6.58. The molecule has 2 unspecified atom stereocenters. The van der Waals surface area contributed by atoms with Crippen LogP contribution >= 0.6 is 0 Å². The Bertz CT molecular complexity index is 851. The fourth-order valence-electron chi connectivity index (χ4n) is 6.58. The Morgan fingerprint density at radius 1 is 1.03 bits per heavy atom. The first-order chi connectivity index (χ1) is 14.6. The monoisotopic (exact) mass is 411 g/mol. The van der Waals surface area contributed by atoms with Gasteiger partial charge in [-0.05, 0) is 82.5 Å². The van der Waals surface area contributed by atoms with Crippen LogP contribution in [0.1, 0.15) is 64.8 Å². The van der Waals surface area contributed by atoms with E-state index in [1.807, 2.05) is 18.2 Å². The smallest absolute Gasteiger partial charge is 0.410 e. The molecule has 6 nitrogen and oxygen atoms in total. The van der Waals surface area contributed by atoms with E-state index in [1.54, 1.807) is 0 Å². The Labute approximate surface area is 179 Å². The second-order valence-electron chi connectivity index (χ2n) is 9.97. The summed E-state index contributed by atoms with van der Waals surface area (Å²) in [5, 5.41) is 3.10. The number of nitrogens with one attached hydrogen (secondary N) is 1. The maximum Gasteiger partial charge on any atom is 0.410 e. The highest BCUT2D eigenvalue weighted by atomic mass is 16.6. The minimum atomic E-state index is -0.348. The maximum atomic E-state index is 12.9. The third-order valence-electron chi connectivity index (χ3n) is 8.53. The minimum absolute atomic E-state index is 0. The molecule has 1 N–H and O–H groups in total. The van der Waals surface area contributed by atoms with Crippen molar-refractivity contribution in [1.82, 2.24) is 9.80 Å². The number of hydrogen-bond acceptors (Lipinski definition) is 4. The maximum absolute atomic E-state index is 12.9. The summed E-state index contributed by atoms with van der Waals surface area (Å²) in [6.07, 6.45) is 9.42. The lowest BCUT2D eigenvalue weighted by Crippen LogP contribution is -2.56. The number of ether oxygens (including phenoxy) is 1. The number of rotatable bonds is 2. The molecule has 2 atom stereocenters. The van der Waals surface area contributed by atoms with Crippen molar-refractivity contribution in [3.8, 4) is 0 Å². The molecular formula is C24H33N3O3. The summed E-state index contributed by atoms with van der Waals surface area (Å²) in [6.45, 7) is 1.91. The van der Waals surface area contributed by atoms with Crippen molar-refractivity contribution in [3.05, 3.63) is 29.8 Å². The van der Waals surface area contributed by atoms with Crippen molar-refractivity contribution in [2.24, 2.45) is 0 Å². The molecule has 4 aliphatic heterocycles. The van der Waals surface area contributed by atoms with E-state index in [-0.39, 0.29) is 24.9 Å². The standard InChI is InChI=1S/C24H31N3O3.H2/c28-22-24(20-6-1-2-7-21(20)25-22)10-12-26(13-11-24)18-14-16-8-9-17(15-18)27(16)23(29)30-19-4-3-5-19;/h1-2,6-7,16-19H,3-5,8-15H2,(H,25,28);1H. The van der Waals surface area contributed by atoms with Crippen LogP contribution in [0.2, 0.25) is 0 Å². The molecule has 1 aromatic carbocycles. The molecule has 30 heavy (non-hydrogen) atoms. The lowest BCUT2D eigenvalue weighted by atomic mass is 9.73. The van der Waals surface area contributed by atoms with E-state index < -0.39 is 0 Å². The molecule has 6 rings (SSSR count). The van der Waals surface area contributed by atoms with E-state index in [0.717, 1.165) is 70.1 Å². The molecule has 1 aromatic rings. The second kappa shape index (κ2) is 6.98. The number of piperidine rings is 2. The third kappa shape index (κ3) is 2.79. The van der Waals surface area contributed by atoms with Gasteiger partial charge in [0.05, 0.1) is 5.41 Å². The van der Waals surface area contributed by atoms with Crippen LogP contribution in [0.15, 0.2) is 24.3 Å². The number of anilines is 1. The zero-order valence-corrected chi connectivity index (χ0v) is 17.5. The first-order valence-electron chi connectivity index (χ1n) is 11.8. The van der Waals surface area contributed by atoms with E-state index in [2.05, 4.69) is 21.2 Å². The molecular weight excluding hydrogens is 378 g/mol. The zero-order chi connectivity index (χ0) is 20.3. The molecule has 1 saturated carbocycles. The highest BCUT2D eigenvalue weighted by Gasteiger charge is 2.51. The van der Waals surface area contributed by atoms with Crippen LogP contribution in [-0.2, 0) is 14.9 Å². The summed E-state index contributed by atoms with van der Waals surface area (Å²) < 4.78 is 5.72. The van der Waals surface area contributed by atoms with Gasteiger partial charge in [-0.2, -0.15) is 0 Å². The normalized spacial score (nSPS) is 32.6. The molecule has 6 heteroatoms. The van der Waals surface area contributed by atoms with Crippen molar-refractivity contribution in [1.29, 1.82) is 0 Å². The molecule has 1 aliphatic carbocycles. The summed E-state index contributed by atoms with van der Waals surface area (Å²) in [5.41, 5.74) is 1.83. The SMILES string of the molecule is O=C(OC1CCC1)N1C2CCC1CC(N1CCC3(CC1)C(=O)Nc1ccccc13)C2.[HH]. The van der Waals surface area contributed by atoms with Gasteiger partial charge < -0.3 is 19.9 Å². The molecule has 1 spiro atoms. The Morgan fingerprint density at radius 2 is 1.73 bits per heavy atom. The number of benzene rings is 1. The van der Waals surface area contributed by atoms with E-state index in [1.165, 1.54) is 12.0 Å². The number of carbonyl (C=O) groups excluding carboxylic acids is 2. The van der Waals surface area contributed by atoms with Crippen LogP contribution in [0.4, 0.5) is 10.5 Å². The van der Waals surface area contributed by atoms with Gasteiger partial charge in [0.15, 0.2) is 0 Å². The van der Waals surface area contributed by atoms with Gasteiger partial charge in [0, 0.05) is 25.2 Å². The molecule has 5 aliphatic rings. The molecule has 0 radical (unpaired) electrons. The summed E-state index contributed by atoms with van der Waals surface area (Å²) in [7, 11) is 0. The summed E-state index contributed by atoms with van der Waals surface area (Å²) in [5.74, 6) is 0.178. The van der Waals surface area contributed by atoms with Crippen LogP contribution in [0, 0.1) is 0 Å². The van der Waals surface area contributed by atoms with E-state index in [9.17, 15) is 9.59 Å². The molecule has 162 valence electrons. The molecule has 2 bridgehead atoms. The Morgan fingerprint density at radius 3 is 2.40 bits per heavy atom. The topological polar surface area (TPSA) is 61.9 Å². The number of fused-ring (bicyclic) bond motifs is 4. The minimum Gasteiger partial charge on any atom is -0.446 e. The summed E-state index contributed by atoms with van der Waals surface area (Å²) in [6, 6.07) is 9.35. The Balaban J connectivity index is 0.00000204. The van der Waals surface area contributed by atoms with Crippen molar-refractivity contribution in [3.63, 3.8) is 0 Å². The lowest BCUT2D eigenvalue weighted by molar-refractivity contribution is -0.123. The number of hydrogen-bond donors (Lipinski definition) is 1. The van der Waals surface area contributed by atoms with Crippen molar-refractivity contribution >= 4 is 17.7 Å². The van der Waals surface area contributed by atoms with Crippen molar-refractivity contribution in [2.45, 2.75) is 87.4 Å². The van der Waals surface area contributed by atoms with Gasteiger partial charge in [-0.1, -0.05) is 18.2 Å². The van der Waals surface area contributed by atoms with Gasteiger partial charge in [-0.15, -0.1) is 0 Å². The second-order valence-corrected chi connectivity index (χ2v) is 9.97. The van der Waals surface area contributed by atoms with E-state index >= 15 is 0 Å². The number of likely N-dealkylation sites (tertiary alicyclic amines) is 1. The van der Waals surface area contributed by atoms with Gasteiger partial charge in [0.1, 0.15) is 6.10 Å². The summed E-state index contributed by atoms with van der Waals surface area (Å²) in [4.78, 5) is 30.2. The average Bonchev–Trinajstić information content (AvgIpc) is 3.15. The van der Waals surface area contributed by atoms with Crippen LogP contribution < -0.4 is 5.32 Å². The fraction of sp³-hybridized carbons (Fsp3) is 0.667. The van der Waals surface area contributed by atoms with Gasteiger partial charge >= 0.3 is 6.09 Å². The first kappa shape index (κ1) is 18.7. The Hall–Kier alpha value is -2.08. The van der Waals surface area contributed by atoms with Gasteiger partial charge in [0.25, 0.3) is 0 Å². The zero-order valence-electron chi connectivity index (χ0n) is 17.5. The van der Waals surface area contributed by atoms with E-state index in [0.29, 0.717) is 18.1 Å². The molecule has 4 fully saturated rings. The molecule has 0 aromatic heterocycles. The first-order valence-corrected chi connectivity index (χ1v) is 11.8. The van der Waals surface area contributed by atoms with E-state index in [4.69, 9.17) is 4.74 Å². The van der Waals surface area contributed by atoms with Crippen LogP contribution in [-0.4, -0.2) is 59.1 Å². The average molecular weight is 412 g/mol. The molecule has 2 amide bonds. The number of carbonyl (C=O) groups is 2. The summed E-state index contributed by atoms with van der Waals surface area (Å²) >= 11 is 0. The Kier molecular flexibility index (Phi) is 4.34. The van der Waals surface area contributed by atoms with Gasteiger partial charge in [0.2, 0.25) is 5.91 Å². The highest BCUT2D eigenvalue weighted by molar-refractivity contribution is 6.06. The lowest BCUT2D eigenvalue weighted by Gasteiger charge is -2.46. The van der Waals surface area contributed by atoms with Gasteiger partial charge in [-0.25, -0.2) is 4.79 Å². The van der Waals surface area contributed by atoms with Crippen LogP contribution in [0.5, 0.6) is 0 Å². The van der Waals surface area contributed by atoms with Gasteiger partial charge in [-0.3, -0.25) is 4.79 Å². The van der Waals surface area contributed by atoms with Crippen LogP contribution in [0.3, 0.4) is 0 Å². The quantitative estimate of drug-likeness (QED) is 0.802. The number of nitrogens with zero attached hydrogens (tertiary/aromatic N) is 2. The number of para-hydroxylation sites is 1. The third-order valence-corrected chi connectivity index (χ3v) is 8.53. The van der Waals surface area contributed by atoms with Crippen molar-refractivity contribution < 1.29 is 15.8 Å². The predicted molar refractivity (Wildman–Crippen MR) is 115 cm³/mol. The van der Waals surface area contributed by atoms with Crippen molar-refractivity contribution in [2.75, 3.05) is 18.4 Å². The molecule has 4 heterocycles. The largest absolute Gasteiger partial charge is 0.446 e. The molecule has 3 saturated heterocycles. The highest BCUT2D eigenvalue weighted by Crippen LogP contribution is 2.46. The predicted octanol–water partition coefficient (Wildman–Crippen LogP) is 3.90. The van der Waals surface area contributed by atoms with Crippen LogP contribution in [0.25, 0.3) is 0 Å². The number of amides is 2.